The number of anilines is 2. The fraction of sp³-hybridized carbons (Fsp3) is 0.259. The summed E-state index contributed by atoms with van der Waals surface area (Å²) in [6.07, 6.45) is 1.66. The van der Waals surface area contributed by atoms with Crippen LogP contribution in [0.4, 0.5) is 11.4 Å². The molecule has 32 heavy (non-hydrogen) atoms. The van der Waals surface area contributed by atoms with Gasteiger partial charge >= 0.3 is 0 Å². The molecule has 3 aromatic carbocycles. The number of nitrogens with zero attached hydrogens (tertiary/aromatic N) is 1. The zero-order valence-electron chi connectivity index (χ0n) is 18.5. The zero-order valence-corrected chi connectivity index (χ0v) is 18.5. The summed E-state index contributed by atoms with van der Waals surface area (Å²) in [5, 5.41) is 3.14. The standard InChI is InChI=1S/C27H28N2O3/c1-3-19-9-7-8-12-24(19)28-27(31)23-17-18-25(30)29(21-13-15-22(32-2)16-14-21)26(23)20-10-5-4-6-11-20/h4-16,23,26H,3,17-18H2,1-2H3,(H,28,31)/t23-,26-/m0/s1. The number of rotatable bonds is 6. The van der Waals surface area contributed by atoms with Crippen molar-refractivity contribution in [2.45, 2.75) is 32.2 Å². The van der Waals surface area contributed by atoms with Crippen LogP contribution in [0.3, 0.4) is 0 Å². The molecule has 5 heteroatoms. The Bertz CT molecular complexity index is 1080. The lowest BCUT2D eigenvalue weighted by Gasteiger charge is -2.41. The molecule has 0 unspecified atom stereocenters. The highest BCUT2D eigenvalue weighted by Crippen LogP contribution is 2.41. The molecule has 2 atom stereocenters. The molecule has 164 valence electrons. The van der Waals surface area contributed by atoms with E-state index in [9.17, 15) is 9.59 Å². The second-order valence-corrected chi connectivity index (χ2v) is 7.96. The van der Waals surface area contributed by atoms with Crippen molar-refractivity contribution in [1.82, 2.24) is 0 Å². The van der Waals surface area contributed by atoms with Gasteiger partial charge in [-0.2, -0.15) is 0 Å². The van der Waals surface area contributed by atoms with E-state index in [1.54, 1.807) is 12.0 Å². The number of carbonyl (C=O) groups excluding carboxylic acids is 2. The molecule has 2 amide bonds. The molecule has 1 fully saturated rings. The van der Waals surface area contributed by atoms with E-state index >= 15 is 0 Å². The van der Waals surface area contributed by atoms with Gasteiger partial charge in [0.15, 0.2) is 0 Å². The van der Waals surface area contributed by atoms with Crippen molar-refractivity contribution in [3.63, 3.8) is 0 Å². The van der Waals surface area contributed by atoms with E-state index in [-0.39, 0.29) is 23.8 Å². The van der Waals surface area contributed by atoms with E-state index in [0.717, 1.165) is 34.7 Å². The number of hydrogen-bond donors (Lipinski definition) is 1. The number of nitrogens with one attached hydrogen (secondary N) is 1. The second-order valence-electron chi connectivity index (χ2n) is 7.96. The molecule has 3 aromatic rings. The highest BCUT2D eigenvalue weighted by atomic mass is 16.5. The summed E-state index contributed by atoms with van der Waals surface area (Å²) in [6.45, 7) is 2.07. The first-order chi connectivity index (χ1) is 15.6. The lowest BCUT2D eigenvalue weighted by Crippen LogP contribution is -2.47. The first-order valence-corrected chi connectivity index (χ1v) is 11.0. The van der Waals surface area contributed by atoms with E-state index in [1.165, 1.54) is 0 Å². The van der Waals surface area contributed by atoms with Gasteiger partial charge in [0, 0.05) is 17.8 Å². The first-order valence-electron chi connectivity index (χ1n) is 11.0. The Hall–Kier alpha value is -3.60. The lowest BCUT2D eigenvalue weighted by molar-refractivity contribution is -0.125. The third kappa shape index (κ3) is 4.37. The molecule has 1 heterocycles. The highest BCUT2D eigenvalue weighted by Gasteiger charge is 2.41. The van der Waals surface area contributed by atoms with Crippen LogP contribution in [0.25, 0.3) is 0 Å². The van der Waals surface area contributed by atoms with Gasteiger partial charge in [-0.25, -0.2) is 0 Å². The molecule has 5 nitrogen and oxygen atoms in total. The summed E-state index contributed by atoms with van der Waals surface area (Å²) < 4.78 is 5.27. The number of para-hydroxylation sites is 1. The molecule has 1 aliphatic rings. The number of piperidine rings is 1. The SMILES string of the molecule is CCc1ccccc1NC(=O)[C@H]1CCC(=O)N(c2ccc(OC)cc2)[C@H]1c1ccccc1. The Kier molecular flexibility index (Phi) is 6.55. The van der Waals surface area contributed by atoms with Crippen LogP contribution in [0.5, 0.6) is 5.75 Å². The van der Waals surface area contributed by atoms with Gasteiger partial charge in [0.25, 0.3) is 0 Å². The summed E-state index contributed by atoms with van der Waals surface area (Å²) in [5.74, 6) is 0.301. The normalized spacial score (nSPS) is 18.3. The average molecular weight is 429 g/mol. The molecule has 1 N–H and O–H groups in total. The average Bonchev–Trinajstić information content (AvgIpc) is 2.84. The van der Waals surface area contributed by atoms with Crippen molar-refractivity contribution in [2.75, 3.05) is 17.3 Å². The minimum atomic E-state index is -0.389. The van der Waals surface area contributed by atoms with Crippen LogP contribution in [-0.2, 0) is 16.0 Å². The molecule has 0 spiro atoms. The van der Waals surface area contributed by atoms with Crippen molar-refractivity contribution >= 4 is 23.2 Å². The fourth-order valence-electron chi connectivity index (χ4n) is 4.42. The Morgan fingerprint density at radius 2 is 1.69 bits per heavy atom. The third-order valence-corrected chi connectivity index (χ3v) is 6.08. The zero-order chi connectivity index (χ0) is 22.5. The summed E-state index contributed by atoms with van der Waals surface area (Å²) in [7, 11) is 1.61. The monoisotopic (exact) mass is 428 g/mol. The Balaban J connectivity index is 1.72. The maximum Gasteiger partial charge on any atom is 0.229 e. The van der Waals surface area contributed by atoms with Gasteiger partial charge in [-0.05, 0) is 54.3 Å². The smallest absolute Gasteiger partial charge is 0.229 e. The summed E-state index contributed by atoms with van der Waals surface area (Å²) in [6, 6.07) is 24.7. The van der Waals surface area contributed by atoms with E-state index in [2.05, 4.69) is 12.2 Å². The largest absolute Gasteiger partial charge is 0.497 e. The lowest BCUT2D eigenvalue weighted by atomic mass is 9.83. The predicted molar refractivity (Wildman–Crippen MR) is 127 cm³/mol. The minimum absolute atomic E-state index is 0.0158. The number of amides is 2. The molecule has 1 saturated heterocycles. The minimum Gasteiger partial charge on any atom is -0.497 e. The number of hydrogen-bond acceptors (Lipinski definition) is 3. The van der Waals surface area contributed by atoms with Crippen molar-refractivity contribution in [1.29, 1.82) is 0 Å². The number of methoxy groups -OCH3 is 1. The molecule has 0 radical (unpaired) electrons. The Morgan fingerprint density at radius 3 is 2.38 bits per heavy atom. The van der Waals surface area contributed by atoms with Gasteiger partial charge in [-0.1, -0.05) is 55.5 Å². The highest BCUT2D eigenvalue weighted by molar-refractivity contribution is 6.00. The quantitative estimate of drug-likeness (QED) is 0.573. The van der Waals surface area contributed by atoms with Crippen LogP contribution in [0, 0.1) is 5.92 Å². The molecule has 4 rings (SSSR count). The number of carbonyl (C=O) groups is 2. The van der Waals surface area contributed by atoms with Crippen LogP contribution in [-0.4, -0.2) is 18.9 Å². The molecule has 0 aliphatic carbocycles. The molecular weight excluding hydrogens is 400 g/mol. The molecule has 0 bridgehead atoms. The van der Waals surface area contributed by atoms with Gasteiger partial charge in [0.1, 0.15) is 5.75 Å². The van der Waals surface area contributed by atoms with E-state index in [1.807, 2.05) is 78.9 Å². The van der Waals surface area contributed by atoms with Crippen LogP contribution in [0.1, 0.15) is 36.9 Å². The van der Waals surface area contributed by atoms with Crippen LogP contribution < -0.4 is 15.0 Å². The van der Waals surface area contributed by atoms with E-state index in [4.69, 9.17) is 4.74 Å². The molecular formula is C27H28N2O3. The molecule has 0 saturated carbocycles. The first kappa shape index (κ1) is 21.6. The van der Waals surface area contributed by atoms with Crippen molar-refractivity contribution in [2.24, 2.45) is 5.92 Å². The van der Waals surface area contributed by atoms with Crippen LogP contribution in [0.15, 0.2) is 78.9 Å². The van der Waals surface area contributed by atoms with Crippen LogP contribution in [0.2, 0.25) is 0 Å². The maximum absolute atomic E-state index is 13.5. The number of benzene rings is 3. The van der Waals surface area contributed by atoms with Crippen LogP contribution >= 0.6 is 0 Å². The van der Waals surface area contributed by atoms with Gasteiger partial charge in [0.2, 0.25) is 11.8 Å². The maximum atomic E-state index is 13.5. The Labute approximate surface area is 189 Å². The van der Waals surface area contributed by atoms with E-state index in [0.29, 0.717) is 12.8 Å². The fourth-order valence-corrected chi connectivity index (χ4v) is 4.42. The topological polar surface area (TPSA) is 58.6 Å². The van der Waals surface area contributed by atoms with Crippen molar-refractivity contribution < 1.29 is 14.3 Å². The third-order valence-electron chi connectivity index (χ3n) is 6.08. The van der Waals surface area contributed by atoms with E-state index < -0.39 is 0 Å². The second kappa shape index (κ2) is 9.69. The van der Waals surface area contributed by atoms with Crippen molar-refractivity contribution in [3.8, 4) is 5.75 Å². The number of aryl methyl sites for hydroxylation is 1. The summed E-state index contributed by atoms with van der Waals surface area (Å²) in [4.78, 5) is 28.4. The number of ether oxygens (including phenoxy) is 1. The van der Waals surface area contributed by atoms with Gasteiger partial charge < -0.3 is 15.0 Å². The van der Waals surface area contributed by atoms with Crippen molar-refractivity contribution in [3.05, 3.63) is 90.0 Å². The Morgan fingerprint density at radius 1 is 1.00 bits per heavy atom. The molecule has 1 aliphatic heterocycles. The van der Waals surface area contributed by atoms with Gasteiger partial charge in [0.05, 0.1) is 19.1 Å². The molecule has 0 aromatic heterocycles. The predicted octanol–water partition coefficient (Wildman–Crippen LogP) is 5.38. The van der Waals surface area contributed by atoms with Gasteiger partial charge in [-0.15, -0.1) is 0 Å². The summed E-state index contributed by atoms with van der Waals surface area (Å²) >= 11 is 0. The van der Waals surface area contributed by atoms with Gasteiger partial charge in [-0.3, -0.25) is 9.59 Å². The summed E-state index contributed by atoms with van der Waals surface area (Å²) in [5.41, 5.74) is 3.63.